The molecule has 0 spiro atoms. The van der Waals surface area contributed by atoms with E-state index in [2.05, 4.69) is 46.5 Å². The van der Waals surface area contributed by atoms with Crippen LogP contribution in [0, 0.1) is 0 Å². The van der Waals surface area contributed by atoms with E-state index in [1.54, 1.807) is 0 Å². The average Bonchev–Trinajstić information content (AvgIpc) is 2.01. The Hall–Kier alpha value is 0.610. The molecular formula is C8H17IN2O. The standard InChI is InChI=1S/C8H17IN2O/c1-10(2)3-4-11-5-6-12-8(9)7-11/h8H,3-7H2,1-2H3. The van der Waals surface area contributed by atoms with Gasteiger partial charge in [-0.25, -0.2) is 0 Å². The van der Waals surface area contributed by atoms with Gasteiger partial charge in [-0.2, -0.15) is 0 Å². The molecule has 3 nitrogen and oxygen atoms in total. The number of hydrogen-bond acceptors (Lipinski definition) is 3. The Labute approximate surface area is 88.2 Å². The van der Waals surface area contributed by atoms with Crippen LogP contribution in [0.4, 0.5) is 0 Å². The summed E-state index contributed by atoms with van der Waals surface area (Å²) in [5, 5.41) is 0. The molecule has 0 N–H and O–H groups in total. The summed E-state index contributed by atoms with van der Waals surface area (Å²) in [7, 11) is 4.23. The predicted molar refractivity (Wildman–Crippen MR) is 58.8 cm³/mol. The molecule has 0 aromatic heterocycles. The van der Waals surface area contributed by atoms with E-state index in [4.69, 9.17) is 4.74 Å². The highest BCUT2D eigenvalue weighted by atomic mass is 127. The molecule has 0 radical (unpaired) electrons. The van der Waals surface area contributed by atoms with Gasteiger partial charge in [-0.05, 0) is 36.7 Å². The third-order valence-electron chi connectivity index (χ3n) is 1.97. The second-order valence-electron chi connectivity index (χ2n) is 3.38. The lowest BCUT2D eigenvalue weighted by atomic mass is 10.4. The van der Waals surface area contributed by atoms with Crippen LogP contribution in [0.15, 0.2) is 0 Å². The first-order chi connectivity index (χ1) is 5.68. The van der Waals surface area contributed by atoms with E-state index in [1.165, 1.54) is 0 Å². The van der Waals surface area contributed by atoms with Crippen molar-refractivity contribution < 1.29 is 4.74 Å². The minimum Gasteiger partial charge on any atom is -0.365 e. The maximum absolute atomic E-state index is 5.45. The molecule has 72 valence electrons. The van der Waals surface area contributed by atoms with E-state index in [0.717, 1.165) is 32.8 Å². The molecule has 0 amide bonds. The van der Waals surface area contributed by atoms with Crippen LogP contribution in [0.5, 0.6) is 0 Å². The van der Waals surface area contributed by atoms with Crippen LogP contribution >= 0.6 is 22.6 Å². The summed E-state index contributed by atoms with van der Waals surface area (Å²) in [5.74, 6) is 0. The van der Waals surface area contributed by atoms with Crippen LogP contribution in [-0.2, 0) is 4.74 Å². The lowest BCUT2D eigenvalue weighted by Crippen LogP contribution is -2.42. The number of nitrogens with zero attached hydrogens (tertiary/aromatic N) is 2. The first kappa shape index (κ1) is 10.7. The summed E-state index contributed by atoms with van der Waals surface area (Å²) in [5.41, 5.74) is 0. The Morgan fingerprint density at radius 3 is 2.92 bits per heavy atom. The molecule has 1 aliphatic rings. The van der Waals surface area contributed by atoms with Crippen molar-refractivity contribution in [3.05, 3.63) is 0 Å². The second kappa shape index (κ2) is 5.36. The Kier molecular flexibility index (Phi) is 4.78. The maximum atomic E-state index is 5.45. The molecule has 0 bridgehead atoms. The van der Waals surface area contributed by atoms with Crippen molar-refractivity contribution in [3.63, 3.8) is 0 Å². The fraction of sp³-hybridized carbons (Fsp3) is 1.00. The van der Waals surface area contributed by atoms with Gasteiger partial charge in [0.05, 0.1) is 6.61 Å². The van der Waals surface area contributed by atoms with Gasteiger partial charge in [0, 0.05) is 26.2 Å². The van der Waals surface area contributed by atoms with Crippen molar-refractivity contribution in [2.24, 2.45) is 0 Å². The highest BCUT2D eigenvalue weighted by Crippen LogP contribution is 2.10. The third kappa shape index (κ3) is 4.02. The lowest BCUT2D eigenvalue weighted by molar-refractivity contribution is 0.0246. The molecular weight excluding hydrogens is 267 g/mol. The molecule has 12 heavy (non-hydrogen) atoms. The number of alkyl halides is 1. The molecule has 1 atom stereocenters. The van der Waals surface area contributed by atoms with Gasteiger partial charge in [0.15, 0.2) is 0 Å². The van der Waals surface area contributed by atoms with Crippen LogP contribution < -0.4 is 0 Å². The molecule has 1 aliphatic heterocycles. The van der Waals surface area contributed by atoms with Crippen molar-refractivity contribution in [1.29, 1.82) is 0 Å². The zero-order valence-electron chi connectivity index (χ0n) is 7.79. The number of halogens is 1. The largest absolute Gasteiger partial charge is 0.365 e. The van der Waals surface area contributed by atoms with E-state index in [9.17, 15) is 0 Å². The van der Waals surface area contributed by atoms with E-state index in [0.29, 0.717) is 4.11 Å². The van der Waals surface area contributed by atoms with Crippen LogP contribution in [0.1, 0.15) is 0 Å². The molecule has 4 heteroatoms. The van der Waals surface area contributed by atoms with E-state index in [1.807, 2.05) is 0 Å². The highest BCUT2D eigenvalue weighted by Gasteiger charge is 2.16. The summed E-state index contributed by atoms with van der Waals surface area (Å²) in [6.07, 6.45) is 0. The normalized spacial score (nSPS) is 26.5. The van der Waals surface area contributed by atoms with Gasteiger partial charge in [-0.1, -0.05) is 0 Å². The Bertz CT molecular complexity index is 132. The third-order valence-corrected chi connectivity index (χ3v) is 2.72. The number of likely N-dealkylation sites (N-methyl/N-ethyl adjacent to an activating group) is 1. The fourth-order valence-corrected chi connectivity index (χ4v) is 2.01. The summed E-state index contributed by atoms with van der Waals surface area (Å²) in [4.78, 5) is 4.68. The van der Waals surface area contributed by atoms with E-state index < -0.39 is 0 Å². The molecule has 1 rings (SSSR count). The van der Waals surface area contributed by atoms with Crippen molar-refractivity contribution in [3.8, 4) is 0 Å². The number of morpholine rings is 1. The van der Waals surface area contributed by atoms with Crippen molar-refractivity contribution in [2.75, 3.05) is 46.9 Å². The van der Waals surface area contributed by atoms with Crippen LogP contribution in [0.3, 0.4) is 0 Å². The van der Waals surface area contributed by atoms with E-state index in [-0.39, 0.29) is 0 Å². The smallest absolute Gasteiger partial charge is 0.121 e. The molecule has 0 saturated carbocycles. The Morgan fingerprint density at radius 1 is 1.58 bits per heavy atom. The van der Waals surface area contributed by atoms with Gasteiger partial charge in [-0.3, -0.25) is 4.90 Å². The van der Waals surface area contributed by atoms with Crippen molar-refractivity contribution in [1.82, 2.24) is 9.80 Å². The summed E-state index contributed by atoms with van der Waals surface area (Å²) in [6, 6.07) is 0. The molecule has 0 aromatic carbocycles. The topological polar surface area (TPSA) is 15.7 Å². The predicted octanol–water partition coefficient (Wildman–Crippen LogP) is 0.641. The van der Waals surface area contributed by atoms with Gasteiger partial charge in [-0.15, -0.1) is 0 Å². The SMILES string of the molecule is CN(C)CCN1CCOC(I)C1. The Morgan fingerprint density at radius 2 is 2.33 bits per heavy atom. The quantitative estimate of drug-likeness (QED) is 0.559. The van der Waals surface area contributed by atoms with E-state index >= 15 is 0 Å². The summed E-state index contributed by atoms with van der Waals surface area (Å²) < 4.78 is 5.83. The van der Waals surface area contributed by atoms with Gasteiger partial charge in [0.25, 0.3) is 0 Å². The van der Waals surface area contributed by atoms with Crippen molar-refractivity contribution >= 4 is 22.6 Å². The Balaban J connectivity index is 2.14. The second-order valence-corrected chi connectivity index (χ2v) is 4.77. The van der Waals surface area contributed by atoms with Crippen molar-refractivity contribution in [2.45, 2.75) is 4.11 Å². The first-order valence-electron chi connectivity index (χ1n) is 4.31. The first-order valence-corrected chi connectivity index (χ1v) is 5.56. The zero-order chi connectivity index (χ0) is 8.97. The number of rotatable bonds is 3. The molecule has 0 aromatic rings. The summed E-state index contributed by atoms with van der Waals surface area (Å²) >= 11 is 2.35. The van der Waals surface area contributed by atoms with Gasteiger partial charge < -0.3 is 9.64 Å². The van der Waals surface area contributed by atoms with Crippen LogP contribution in [0.2, 0.25) is 0 Å². The minimum absolute atomic E-state index is 0.388. The molecule has 0 aliphatic carbocycles. The molecule has 1 saturated heterocycles. The highest BCUT2D eigenvalue weighted by molar-refractivity contribution is 14.1. The summed E-state index contributed by atoms with van der Waals surface area (Å²) in [6.45, 7) is 5.36. The number of hydrogen-bond donors (Lipinski definition) is 0. The average molecular weight is 284 g/mol. The molecule has 1 unspecified atom stereocenters. The minimum atomic E-state index is 0.388. The van der Waals surface area contributed by atoms with Gasteiger partial charge >= 0.3 is 0 Å². The zero-order valence-corrected chi connectivity index (χ0v) is 9.95. The molecule has 1 heterocycles. The maximum Gasteiger partial charge on any atom is 0.121 e. The van der Waals surface area contributed by atoms with Gasteiger partial charge in [0.2, 0.25) is 0 Å². The van der Waals surface area contributed by atoms with Gasteiger partial charge in [0.1, 0.15) is 4.11 Å². The van der Waals surface area contributed by atoms with Crippen LogP contribution in [-0.4, -0.2) is 60.8 Å². The van der Waals surface area contributed by atoms with Crippen LogP contribution in [0.25, 0.3) is 0 Å². The lowest BCUT2D eigenvalue weighted by Gasteiger charge is -2.30. The fourth-order valence-electron chi connectivity index (χ4n) is 1.20. The molecule has 1 fully saturated rings. The number of ether oxygens (including phenoxy) is 1. The monoisotopic (exact) mass is 284 g/mol.